The van der Waals surface area contributed by atoms with Crippen molar-refractivity contribution < 1.29 is 9.53 Å². The molecule has 0 heterocycles. The molecule has 29 heavy (non-hydrogen) atoms. The number of nitrogens with zero attached hydrogens (tertiary/aromatic N) is 1. The zero-order valence-electron chi connectivity index (χ0n) is 17.3. The third-order valence-corrected chi connectivity index (χ3v) is 4.15. The van der Waals surface area contributed by atoms with E-state index in [4.69, 9.17) is 4.74 Å². The van der Waals surface area contributed by atoms with Crippen LogP contribution in [0.5, 0.6) is 5.75 Å². The number of methoxy groups -OCH3 is 1. The maximum atomic E-state index is 11.1. The third kappa shape index (κ3) is 9.65. The third-order valence-electron chi connectivity index (χ3n) is 4.15. The Balaban J connectivity index is 0.00000420. The van der Waals surface area contributed by atoms with Crippen LogP contribution in [0.3, 0.4) is 0 Å². The molecule has 0 fully saturated rings. The van der Waals surface area contributed by atoms with Crippen LogP contribution < -0.4 is 20.7 Å². The number of hydrogen-bond donors (Lipinski definition) is 3. The largest absolute Gasteiger partial charge is 0.497 e. The quantitative estimate of drug-likeness (QED) is 0.274. The Hall–Kier alpha value is -2.29. The molecule has 6 nitrogen and oxygen atoms in total. The van der Waals surface area contributed by atoms with E-state index in [2.05, 4.69) is 40.0 Å². The van der Waals surface area contributed by atoms with E-state index in [1.54, 1.807) is 7.11 Å². The molecule has 3 N–H and O–H groups in total. The van der Waals surface area contributed by atoms with E-state index in [1.807, 2.05) is 36.4 Å². The molecule has 0 aromatic heterocycles. The summed E-state index contributed by atoms with van der Waals surface area (Å²) in [5.74, 6) is 1.64. The maximum Gasteiger partial charge on any atom is 0.221 e. The number of hydrogen-bond acceptors (Lipinski definition) is 3. The van der Waals surface area contributed by atoms with Crippen molar-refractivity contribution in [2.75, 3.05) is 32.1 Å². The van der Waals surface area contributed by atoms with Gasteiger partial charge >= 0.3 is 0 Å². The Morgan fingerprint density at radius 3 is 2.17 bits per heavy atom. The Kier molecular flexibility index (Phi) is 11.8. The van der Waals surface area contributed by atoms with Crippen LogP contribution in [0.2, 0.25) is 0 Å². The standard InChI is InChI=1S/C22H30N4O2.HI/c1-4-23-22(25-16-14-19-7-11-21(28-3)12-8-19)24-15-13-18-5-9-20(10-6-18)26-17(2)27;/h5-12H,4,13-16H2,1-3H3,(H,26,27)(H2,23,24,25);1H. The lowest BCUT2D eigenvalue weighted by Gasteiger charge is -2.11. The van der Waals surface area contributed by atoms with E-state index in [-0.39, 0.29) is 29.9 Å². The van der Waals surface area contributed by atoms with Crippen LogP contribution in [0, 0.1) is 0 Å². The van der Waals surface area contributed by atoms with Gasteiger partial charge in [0.2, 0.25) is 5.91 Å². The summed E-state index contributed by atoms with van der Waals surface area (Å²) in [5.41, 5.74) is 3.25. The molecule has 1 amide bonds. The van der Waals surface area contributed by atoms with Crippen LogP contribution in [0.15, 0.2) is 53.5 Å². The number of guanidine groups is 1. The number of anilines is 1. The molecule has 0 radical (unpaired) electrons. The van der Waals surface area contributed by atoms with Gasteiger partial charge in [0.25, 0.3) is 0 Å². The van der Waals surface area contributed by atoms with Crippen LogP contribution >= 0.6 is 24.0 Å². The van der Waals surface area contributed by atoms with Crippen molar-refractivity contribution in [3.63, 3.8) is 0 Å². The second kappa shape index (κ2) is 13.8. The Labute approximate surface area is 190 Å². The summed E-state index contributed by atoms with van der Waals surface area (Å²) in [6.45, 7) is 5.88. The summed E-state index contributed by atoms with van der Waals surface area (Å²) in [7, 11) is 1.67. The summed E-state index contributed by atoms with van der Waals surface area (Å²) in [5, 5.41) is 9.42. The highest BCUT2D eigenvalue weighted by Crippen LogP contribution is 2.11. The van der Waals surface area contributed by atoms with E-state index >= 15 is 0 Å². The fourth-order valence-corrected chi connectivity index (χ4v) is 2.71. The molecular weight excluding hydrogens is 479 g/mol. The van der Waals surface area contributed by atoms with E-state index in [0.29, 0.717) is 6.54 Å². The number of nitrogens with one attached hydrogen (secondary N) is 3. The van der Waals surface area contributed by atoms with Crippen molar-refractivity contribution in [2.45, 2.75) is 26.7 Å². The summed E-state index contributed by atoms with van der Waals surface area (Å²) in [6, 6.07) is 16.0. The lowest BCUT2D eigenvalue weighted by molar-refractivity contribution is -0.114. The van der Waals surface area contributed by atoms with Gasteiger partial charge in [-0.1, -0.05) is 24.3 Å². The van der Waals surface area contributed by atoms with Gasteiger partial charge in [0.15, 0.2) is 5.96 Å². The van der Waals surface area contributed by atoms with Gasteiger partial charge in [0.1, 0.15) is 5.75 Å². The van der Waals surface area contributed by atoms with Gasteiger partial charge in [0, 0.05) is 32.2 Å². The Morgan fingerprint density at radius 2 is 1.59 bits per heavy atom. The predicted molar refractivity (Wildman–Crippen MR) is 131 cm³/mol. The SMILES string of the molecule is CCNC(=NCCc1ccc(NC(C)=O)cc1)NCCc1ccc(OC)cc1.I. The monoisotopic (exact) mass is 510 g/mol. The van der Waals surface area contributed by atoms with E-state index in [0.717, 1.165) is 43.3 Å². The molecule has 0 saturated heterocycles. The van der Waals surface area contributed by atoms with Gasteiger partial charge in [-0.2, -0.15) is 0 Å². The average molecular weight is 510 g/mol. The number of rotatable bonds is 9. The van der Waals surface area contributed by atoms with Crippen molar-refractivity contribution in [3.05, 3.63) is 59.7 Å². The number of aliphatic imine (C=N–C) groups is 1. The smallest absolute Gasteiger partial charge is 0.221 e. The molecule has 0 spiro atoms. The van der Waals surface area contributed by atoms with E-state index < -0.39 is 0 Å². The highest BCUT2D eigenvalue weighted by atomic mass is 127. The summed E-state index contributed by atoms with van der Waals surface area (Å²) >= 11 is 0. The van der Waals surface area contributed by atoms with Gasteiger partial charge in [-0.15, -0.1) is 24.0 Å². The highest BCUT2D eigenvalue weighted by Gasteiger charge is 2.00. The molecule has 0 bridgehead atoms. The molecular formula is C22H31IN4O2. The number of amides is 1. The zero-order valence-corrected chi connectivity index (χ0v) is 19.7. The number of ether oxygens (including phenoxy) is 1. The minimum absolute atomic E-state index is 0. The van der Waals surface area contributed by atoms with Gasteiger partial charge in [-0.05, 0) is 55.2 Å². The van der Waals surface area contributed by atoms with Gasteiger partial charge < -0.3 is 20.7 Å². The van der Waals surface area contributed by atoms with Crippen LogP contribution in [0.1, 0.15) is 25.0 Å². The van der Waals surface area contributed by atoms with Crippen molar-refractivity contribution in [1.82, 2.24) is 10.6 Å². The molecule has 0 aliphatic carbocycles. The molecule has 2 aromatic carbocycles. The molecule has 2 rings (SSSR count). The summed E-state index contributed by atoms with van der Waals surface area (Å²) < 4.78 is 5.18. The van der Waals surface area contributed by atoms with Crippen molar-refractivity contribution in [3.8, 4) is 5.75 Å². The maximum absolute atomic E-state index is 11.1. The minimum Gasteiger partial charge on any atom is -0.497 e. The van der Waals surface area contributed by atoms with Gasteiger partial charge in [-0.3, -0.25) is 9.79 Å². The lowest BCUT2D eigenvalue weighted by Crippen LogP contribution is -2.38. The number of carbonyl (C=O) groups is 1. The van der Waals surface area contributed by atoms with Crippen molar-refractivity contribution >= 4 is 41.5 Å². The normalized spacial score (nSPS) is 10.7. The Bertz CT molecular complexity index is 761. The fourth-order valence-electron chi connectivity index (χ4n) is 2.71. The topological polar surface area (TPSA) is 74.8 Å². The second-order valence-electron chi connectivity index (χ2n) is 6.41. The summed E-state index contributed by atoms with van der Waals surface area (Å²) in [6.07, 6.45) is 1.76. The molecule has 0 saturated carbocycles. The van der Waals surface area contributed by atoms with Gasteiger partial charge in [0.05, 0.1) is 7.11 Å². The highest BCUT2D eigenvalue weighted by molar-refractivity contribution is 14.0. The van der Waals surface area contributed by atoms with Crippen LogP contribution in [0.4, 0.5) is 5.69 Å². The first-order valence-electron chi connectivity index (χ1n) is 9.62. The molecule has 2 aromatic rings. The molecule has 158 valence electrons. The van der Waals surface area contributed by atoms with Crippen LogP contribution in [-0.2, 0) is 17.6 Å². The number of halogens is 1. The van der Waals surface area contributed by atoms with Gasteiger partial charge in [-0.25, -0.2) is 0 Å². The number of benzene rings is 2. The van der Waals surface area contributed by atoms with Crippen molar-refractivity contribution in [1.29, 1.82) is 0 Å². The van der Waals surface area contributed by atoms with E-state index in [1.165, 1.54) is 18.1 Å². The fraction of sp³-hybridized carbons (Fsp3) is 0.364. The predicted octanol–water partition coefficient (Wildman–Crippen LogP) is 3.61. The molecule has 7 heteroatoms. The minimum atomic E-state index is -0.0617. The molecule has 0 aliphatic heterocycles. The first-order chi connectivity index (χ1) is 13.6. The molecule has 0 aliphatic rings. The first kappa shape index (κ1) is 24.7. The van der Waals surface area contributed by atoms with Crippen LogP contribution in [0.25, 0.3) is 0 Å². The lowest BCUT2D eigenvalue weighted by atomic mass is 10.1. The van der Waals surface area contributed by atoms with E-state index in [9.17, 15) is 4.79 Å². The van der Waals surface area contributed by atoms with Crippen molar-refractivity contribution in [2.24, 2.45) is 4.99 Å². The second-order valence-corrected chi connectivity index (χ2v) is 6.41. The average Bonchev–Trinajstić information content (AvgIpc) is 2.69. The zero-order chi connectivity index (χ0) is 20.2. The number of carbonyl (C=O) groups excluding carboxylic acids is 1. The molecule has 0 unspecified atom stereocenters. The Morgan fingerprint density at radius 1 is 0.966 bits per heavy atom. The summed E-state index contributed by atoms with van der Waals surface area (Å²) in [4.78, 5) is 15.7. The first-order valence-corrected chi connectivity index (χ1v) is 9.62. The molecule has 0 atom stereocenters. The van der Waals surface area contributed by atoms with Crippen LogP contribution in [-0.4, -0.2) is 38.6 Å².